The third kappa shape index (κ3) is 3.49. The van der Waals surface area contributed by atoms with Crippen molar-refractivity contribution in [3.63, 3.8) is 0 Å². The van der Waals surface area contributed by atoms with Gasteiger partial charge < -0.3 is 10.1 Å². The average molecular weight is 249 g/mol. The van der Waals surface area contributed by atoms with Crippen molar-refractivity contribution in [3.8, 4) is 5.75 Å². The second-order valence-corrected chi connectivity index (χ2v) is 4.86. The van der Waals surface area contributed by atoms with Crippen LogP contribution in [0.25, 0.3) is 0 Å². The highest BCUT2D eigenvalue weighted by atomic mass is 16.5. The molecule has 1 atom stereocenters. The van der Waals surface area contributed by atoms with Crippen LogP contribution in [0.15, 0.2) is 18.2 Å². The summed E-state index contributed by atoms with van der Waals surface area (Å²) in [6.07, 6.45) is 2.37. The van der Waals surface area contributed by atoms with E-state index in [4.69, 9.17) is 4.74 Å². The first-order valence-corrected chi connectivity index (χ1v) is 7.05. The van der Waals surface area contributed by atoms with E-state index in [2.05, 4.69) is 51.2 Å². The lowest BCUT2D eigenvalue weighted by Crippen LogP contribution is -2.28. The summed E-state index contributed by atoms with van der Waals surface area (Å²) in [6, 6.07) is 6.83. The monoisotopic (exact) mass is 249 g/mol. The number of benzene rings is 1. The van der Waals surface area contributed by atoms with E-state index in [9.17, 15) is 0 Å². The van der Waals surface area contributed by atoms with Gasteiger partial charge in [-0.1, -0.05) is 51.3 Å². The molecule has 0 radical (unpaired) electrons. The van der Waals surface area contributed by atoms with Crippen LogP contribution >= 0.6 is 0 Å². The molecule has 0 aromatic heterocycles. The predicted molar refractivity (Wildman–Crippen MR) is 78.2 cm³/mol. The minimum Gasteiger partial charge on any atom is -0.496 e. The maximum Gasteiger partial charge on any atom is 0.123 e. The lowest BCUT2D eigenvalue weighted by atomic mass is 9.87. The van der Waals surface area contributed by atoms with Gasteiger partial charge in [-0.25, -0.2) is 0 Å². The van der Waals surface area contributed by atoms with Crippen molar-refractivity contribution in [1.82, 2.24) is 5.32 Å². The van der Waals surface area contributed by atoms with Gasteiger partial charge in [0.25, 0.3) is 0 Å². The standard InChI is InChI=1S/C16H27NO/c1-6-13(7-2)16(17-8-3)14-11-12(4)9-10-15(14)18-5/h9-11,13,16-17H,6-8H2,1-5H3. The quantitative estimate of drug-likeness (QED) is 0.786. The van der Waals surface area contributed by atoms with Crippen molar-refractivity contribution in [2.45, 2.75) is 46.6 Å². The Balaban J connectivity index is 3.14. The second-order valence-electron chi connectivity index (χ2n) is 4.86. The third-order valence-electron chi connectivity index (χ3n) is 3.66. The van der Waals surface area contributed by atoms with E-state index in [-0.39, 0.29) is 0 Å². The Bertz CT molecular complexity index is 358. The number of aryl methyl sites for hydroxylation is 1. The number of methoxy groups -OCH3 is 1. The van der Waals surface area contributed by atoms with E-state index in [1.54, 1.807) is 7.11 Å². The smallest absolute Gasteiger partial charge is 0.123 e. The van der Waals surface area contributed by atoms with Crippen LogP contribution in [0.2, 0.25) is 0 Å². The lowest BCUT2D eigenvalue weighted by molar-refractivity contribution is 0.329. The minimum absolute atomic E-state index is 0.389. The zero-order valence-electron chi connectivity index (χ0n) is 12.4. The van der Waals surface area contributed by atoms with E-state index in [1.807, 2.05) is 0 Å². The highest BCUT2D eigenvalue weighted by Gasteiger charge is 2.22. The van der Waals surface area contributed by atoms with Crippen LogP contribution in [0.3, 0.4) is 0 Å². The molecule has 1 unspecified atom stereocenters. The van der Waals surface area contributed by atoms with E-state index >= 15 is 0 Å². The van der Waals surface area contributed by atoms with Crippen LogP contribution in [0, 0.1) is 12.8 Å². The molecule has 0 spiro atoms. The molecule has 2 heteroatoms. The maximum atomic E-state index is 5.53. The molecule has 102 valence electrons. The zero-order valence-corrected chi connectivity index (χ0v) is 12.4. The third-order valence-corrected chi connectivity index (χ3v) is 3.66. The number of hydrogen-bond donors (Lipinski definition) is 1. The molecule has 1 aromatic carbocycles. The first kappa shape index (κ1) is 15.0. The van der Waals surface area contributed by atoms with E-state index in [1.165, 1.54) is 24.0 Å². The van der Waals surface area contributed by atoms with Crippen LogP contribution in [-0.4, -0.2) is 13.7 Å². The first-order chi connectivity index (χ1) is 8.67. The Kier molecular flexibility index (Phi) is 6.20. The molecule has 0 amide bonds. The van der Waals surface area contributed by atoms with Crippen LogP contribution in [0.4, 0.5) is 0 Å². The van der Waals surface area contributed by atoms with Crippen molar-refractivity contribution in [1.29, 1.82) is 0 Å². The molecule has 0 fully saturated rings. The molecule has 0 aliphatic rings. The van der Waals surface area contributed by atoms with Gasteiger partial charge in [0.15, 0.2) is 0 Å². The van der Waals surface area contributed by atoms with Gasteiger partial charge in [-0.2, -0.15) is 0 Å². The van der Waals surface area contributed by atoms with Crippen LogP contribution < -0.4 is 10.1 Å². The van der Waals surface area contributed by atoms with Crippen molar-refractivity contribution in [3.05, 3.63) is 29.3 Å². The second kappa shape index (κ2) is 7.42. The van der Waals surface area contributed by atoms with Gasteiger partial charge in [-0.05, 0) is 25.5 Å². The Hall–Kier alpha value is -1.02. The van der Waals surface area contributed by atoms with Gasteiger partial charge in [0.05, 0.1) is 7.11 Å². The van der Waals surface area contributed by atoms with Crippen LogP contribution in [-0.2, 0) is 0 Å². The van der Waals surface area contributed by atoms with Gasteiger partial charge in [0, 0.05) is 11.6 Å². The van der Waals surface area contributed by atoms with Crippen molar-refractivity contribution in [2.24, 2.45) is 5.92 Å². The fraction of sp³-hybridized carbons (Fsp3) is 0.625. The Morgan fingerprint density at radius 3 is 2.33 bits per heavy atom. The summed E-state index contributed by atoms with van der Waals surface area (Å²) in [5.41, 5.74) is 2.59. The van der Waals surface area contributed by atoms with Gasteiger partial charge in [-0.3, -0.25) is 0 Å². The summed E-state index contributed by atoms with van der Waals surface area (Å²) in [5.74, 6) is 1.65. The molecule has 0 saturated heterocycles. The van der Waals surface area contributed by atoms with Crippen molar-refractivity contribution >= 4 is 0 Å². The maximum absolute atomic E-state index is 5.53. The van der Waals surface area contributed by atoms with E-state index < -0.39 is 0 Å². The zero-order chi connectivity index (χ0) is 13.5. The Morgan fingerprint density at radius 2 is 1.83 bits per heavy atom. The fourth-order valence-electron chi connectivity index (χ4n) is 2.61. The molecule has 0 saturated carbocycles. The highest BCUT2D eigenvalue weighted by Crippen LogP contribution is 2.33. The summed E-state index contributed by atoms with van der Waals surface area (Å²) in [5, 5.41) is 3.62. The largest absolute Gasteiger partial charge is 0.496 e. The Labute approximate surface area is 112 Å². The molecular weight excluding hydrogens is 222 g/mol. The van der Waals surface area contributed by atoms with Gasteiger partial charge >= 0.3 is 0 Å². The number of rotatable bonds is 7. The molecule has 0 aliphatic heterocycles. The molecule has 1 aromatic rings. The predicted octanol–water partition coefficient (Wildman–Crippen LogP) is 4.09. The normalized spacial score (nSPS) is 12.8. The van der Waals surface area contributed by atoms with E-state index in [0.717, 1.165) is 12.3 Å². The SMILES string of the molecule is CCNC(c1cc(C)ccc1OC)C(CC)CC. The fourth-order valence-corrected chi connectivity index (χ4v) is 2.61. The molecule has 0 bridgehead atoms. The van der Waals surface area contributed by atoms with Crippen LogP contribution in [0.5, 0.6) is 5.75 Å². The topological polar surface area (TPSA) is 21.3 Å². The molecule has 2 nitrogen and oxygen atoms in total. The first-order valence-electron chi connectivity index (χ1n) is 7.05. The van der Waals surface area contributed by atoms with Gasteiger partial charge in [0.1, 0.15) is 5.75 Å². The molecular formula is C16H27NO. The number of nitrogens with one attached hydrogen (secondary N) is 1. The summed E-state index contributed by atoms with van der Waals surface area (Å²) in [7, 11) is 1.75. The van der Waals surface area contributed by atoms with E-state index in [0.29, 0.717) is 12.0 Å². The Morgan fingerprint density at radius 1 is 1.17 bits per heavy atom. The summed E-state index contributed by atoms with van der Waals surface area (Å²) >= 11 is 0. The highest BCUT2D eigenvalue weighted by molar-refractivity contribution is 5.39. The van der Waals surface area contributed by atoms with Gasteiger partial charge in [0.2, 0.25) is 0 Å². The average Bonchev–Trinajstić information content (AvgIpc) is 2.39. The number of hydrogen-bond acceptors (Lipinski definition) is 2. The molecule has 0 aliphatic carbocycles. The lowest BCUT2D eigenvalue weighted by Gasteiger charge is -2.28. The van der Waals surface area contributed by atoms with Crippen LogP contribution in [0.1, 0.15) is 50.8 Å². The molecule has 1 N–H and O–H groups in total. The molecule has 0 heterocycles. The summed E-state index contributed by atoms with van der Waals surface area (Å²) in [4.78, 5) is 0. The summed E-state index contributed by atoms with van der Waals surface area (Å²) in [6.45, 7) is 9.82. The minimum atomic E-state index is 0.389. The molecule has 1 rings (SSSR count). The van der Waals surface area contributed by atoms with Crippen molar-refractivity contribution in [2.75, 3.05) is 13.7 Å². The van der Waals surface area contributed by atoms with Gasteiger partial charge in [-0.15, -0.1) is 0 Å². The number of ether oxygens (including phenoxy) is 1. The van der Waals surface area contributed by atoms with Crippen molar-refractivity contribution < 1.29 is 4.74 Å². The molecule has 18 heavy (non-hydrogen) atoms. The summed E-state index contributed by atoms with van der Waals surface area (Å²) < 4.78 is 5.53.